The van der Waals surface area contributed by atoms with Crippen molar-refractivity contribution in [2.45, 2.75) is 19.5 Å². The van der Waals surface area contributed by atoms with Gasteiger partial charge in [-0.15, -0.1) is 11.3 Å². The summed E-state index contributed by atoms with van der Waals surface area (Å²) in [6.07, 6.45) is 1.82. The zero-order valence-corrected chi connectivity index (χ0v) is 11.7. The zero-order chi connectivity index (χ0) is 13.5. The van der Waals surface area contributed by atoms with Crippen molar-refractivity contribution in [1.29, 1.82) is 0 Å². The van der Waals surface area contributed by atoms with Crippen LogP contribution in [-0.2, 0) is 6.54 Å². The maximum absolute atomic E-state index is 8.81. The van der Waals surface area contributed by atoms with E-state index < -0.39 is 0 Å². The molecule has 1 aromatic carbocycles. The highest BCUT2D eigenvalue weighted by Crippen LogP contribution is 2.20. The lowest BCUT2D eigenvalue weighted by Gasteiger charge is -2.14. The predicted molar refractivity (Wildman–Crippen MR) is 76.4 cm³/mol. The van der Waals surface area contributed by atoms with E-state index in [9.17, 15) is 0 Å². The van der Waals surface area contributed by atoms with Crippen molar-refractivity contribution < 1.29 is 9.84 Å². The van der Waals surface area contributed by atoms with Crippen LogP contribution in [0.5, 0.6) is 5.75 Å². The lowest BCUT2D eigenvalue weighted by Crippen LogP contribution is -2.18. The van der Waals surface area contributed by atoms with Crippen LogP contribution in [0, 0.1) is 0 Å². The van der Waals surface area contributed by atoms with Gasteiger partial charge in [0.05, 0.1) is 12.6 Å². The third-order valence-electron chi connectivity index (χ3n) is 2.74. The van der Waals surface area contributed by atoms with Crippen LogP contribution in [0.3, 0.4) is 0 Å². The van der Waals surface area contributed by atoms with Gasteiger partial charge >= 0.3 is 0 Å². The number of nitrogens with zero attached hydrogens (tertiary/aromatic N) is 1. The fraction of sp³-hybridized carbons (Fsp3) is 0.357. The molecule has 5 heteroatoms. The van der Waals surface area contributed by atoms with Gasteiger partial charge in [-0.05, 0) is 13.0 Å². The Bertz CT molecular complexity index is 488. The quantitative estimate of drug-likeness (QED) is 0.816. The second-order valence-corrected chi connectivity index (χ2v) is 5.08. The number of nitrogens with one attached hydrogen (secondary N) is 1. The van der Waals surface area contributed by atoms with E-state index in [0.717, 1.165) is 16.3 Å². The molecule has 0 saturated heterocycles. The fourth-order valence-corrected chi connectivity index (χ4v) is 2.42. The molecule has 19 heavy (non-hydrogen) atoms. The molecule has 2 rings (SSSR count). The van der Waals surface area contributed by atoms with Crippen LogP contribution >= 0.6 is 11.3 Å². The average molecular weight is 278 g/mol. The highest BCUT2D eigenvalue weighted by molar-refractivity contribution is 7.09. The number of benzene rings is 1. The topological polar surface area (TPSA) is 54.4 Å². The molecule has 1 unspecified atom stereocenters. The number of thiazole rings is 1. The molecule has 102 valence electrons. The molecule has 4 nitrogen and oxygen atoms in total. The van der Waals surface area contributed by atoms with Gasteiger partial charge in [-0.1, -0.05) is 18.2 Å². The molecule has 0 saturated carbocycles. The lowest BCUT2D eigenvalue weighted by atomic mass is 10.2. The van der Waals surface area contributed by atoms with Gasteiger partial charge < -0.3 is 15.2 Å². The minimum absolute atomic E-state index is 0.0251. The van der Waals surface area contributed by atoms with E-state index in [4.69, 9.17) is 9.84 Å². The standard InChI is InChI=1S/C14H18N2O2S/c1-11(14-15-6-9-19-14)16-10-12-4-2-3-5-13(12)18-8-7-17/h2-6,9,11,16-17H,7-8,10H2,1H3. The van der Waals surface area contributed by atoms with Crippen LogP contribution in [0.15, 0.2) is 35.8 Å². The Morgan fingerprint density at radius 3 is 3.00 bits per heavy atom. The van der Waals surface area contributed by atoms with Gasteiger partial charge in [0.2, 0.25) is 0 Å². The van der Waals surface area contributed by atoms with Gasteiger partial charge in [0.1, 0.15) is 17.4 Å². The number of aromatic nitrogens is 1. The first-order valence-electron chi connectivity index (χ1n) is 6.25. The number of rotatable bonds is 7. The van der Waals surface area contributed by atoms with E-state index in [2.05, 4.69) is 17.2 Å². The van der Waals surface area contributed by atoms with Gasteiger partial charge in [0.15, 0.2) is 0 Å². The van der Waals surface area contributed by atoms with E-state index >= 15 is 0 Å². The van der Waals surface area contributed by atoms with Crippen molar-refractivity contribution in [1.82, 2.24) is 10.3 Å². The normalized spacial score (nSPS) is 12.3. The number of hydrogen-bond donors (Lipinski definition) is 2. The van der Waals surface area contributed by atoms with E-state index in [-0.39, 0.29) is 12.6 Å². The summed E-state index contributed by atoms with van der Waals surface area (Å²) in [7, 11) is 0. The summed E-state index contributed by atoms with van der Waals surface area (Å²) >= 11 is 1.65. The molecule has 0 aliphatic rings. The molecule has 0 aliphatic carbocycles. The highest BCUT2D eigenvalue weighted by Gasteiger charge is 2.09. The molecule has 0 aliphatic heterocycles. The Morgan fingerprint density at radius 1 is 1.42 bits per heavy atom. The molecule has 2 aromatic rings. The van der Waals surface area contributed by atoms with E-state index in [1.54, 1.807) is 11.3 Å². The van der Waals surface area contributed by atoms with Crippen molar-refractivity contribution >= 4 is 11.3 Å². The summed E-state index contributed by atoms with van der Waals surface area (Å²) in [5.74, 6) is 0.815. The Kier molecular flexibility index (Phi) is 5.32. The number of para-hydroxylation sites is 1. The smallest absolute Gasteiger partial charge is 0.123 e. The van der Waals surface area contributed by atoms with Crippen LogP contribution in [-0.4, -0.2) is 23.3 Å². The minimum Gasteiger partial charge on any atom is -0.491 e. The lowest BCUT2D eigenvalue weighted by molar-refractivity contribution is 0.200. The first kappa shape index (κ1) is 14.0. The van der Waals surface area contributed by atoms with Gasteiger partial charge in [-0.3, -0.25) is 0 Å². The molecule has 1 heterocycles. The maximum atomic E-state index is 8.81. The first-order valence-corrected chi connectivity index (χ1v) is 7.13. The molecule has 2 N–H and O–H groups in total. The van der Waals surface area contributed by atoms with Gasteiger partial charge in [-0.25, -0.2) is 4.98 Å². The molecule has 0 amide bonds. The van der Waals surface area contributed by atoms with Crippen molar-refractivity contribution in [2.24, 2.45) is 0 Å². The largest absolute Gasteiger partial charge is 0.491 e. The highest BCUT2D eigenvalue weighted by atomic mass is 32.1. The molecule has 1 atom stereocenters. The molecular weight excluding hydrogens is 260 g/mol. The van der Waals surface area contributed by atoms with Crippen molar-refractivity contribution in [3.63, 3.8) is 0 Å². The number of aliphatic hydroxyl groups excluding tert-OH is 1. The van der Waals surface area contributed by atoms with Crippen molar-refractivity contribution in [2.75, 3.05) is 13.2 Å². The van der Waals surface area contributed by atoms with E-state index in [1.807, 2.05) is 35.8 Å². The van der Waals surface area contributed by atoms with Crippen LogP contribution in [0.25, 0.3) is 0 Å². The minimum atomic E-state index is 0.0251. The molecule has 0 fully saturated rings. The molecule has 1 aromatic heterocycles. The SMILES string of the molecule is CC(NCc1ccccc1OCCO)c1nccs1. The Hall–Kier alpha value is -1.43. The fourth-order valence-electron chi connectivity index (χ4n) is 1.74. The van der Waals surface area contributed by atoms with Crippen molar-refractivity contribution in [3.05, 3.63) is 46.4 Å². The van der Waals surface area contributed by atoms with Crippen LogP contribution in [0.2, 0.25) is 0 Å². The van der Waals surface area contributed by atoms with Crippen LogP contribution < -0.4 is 10.1 Å². The predicted octanol–water partition coefficient (Wildman–Crippen LogP) is 2.37. The van der Waals surface area contributed by atoms with E-state index in [0.29, 0.717) is 13.2 Å². The summed E-state index contributed by atoms with van der Waals surface area (Å²) in [4.78, 5) is 4.29. The number of aliphatic hydroxyl groups is 1. The third kappa shape index (κ3) is 4.02. The maximum Gasteiger partial charge on any atom is 0.123 e. The Morgan fingerprint density at radius 2 is 2.26 bits per heavy atom. The molecule has 0 bridgehead atoms. The van der Waals surface area contributed by atoms with Gasteiger partial charge in [0, 0.05) is 23.7 Å². The summed E-state index contributed by atoms with van der Waals surface area (Å²) in [5, 5.41) is 15.3. The summed E-state index contributed by atoms with van der Waals surface area (Å²) < 4.78 is 5.51. The third-order valence-corrected chi connectivity index (χ3v) is 3.70. The number of hydrogen-bond acceptors (Lipinski definition) is 5. The number of ether oxygens (including phenoxy) is 1. The molecule has 0 radical (unpaired) electrons. The molecule has 0 spiro atoms. The second kappa shape index (κ2) is 7.23. The zero-order valence-electron chi connectivity index (χ0n) is 10.9. The van der Waals surface area contributed by atoms with E-state index in [1.165, 1.54) is 0 Å². The molecular formula is C14H18N2O2S. The Balaban J connectivity index is 1.95. The first-order chi connectivity index (χ1) is 9.31. The summed E-state index contributed by atoms with van der Waals surface area (Å²) in [6.45, 7) is 3.15. The summed E-state index contributed by atoms with van der Waals surface area (Å²) in [5.41, 5.74) is 1.08. The van der Waals surface area contributed by atoms with Crippen LogP contribution in [0.4, 0.5) is 0 Å². The summed E-state index contributed by atoms with van der Waals surface area (Å²) in [6, 6.07) is 8.07. The van der Waals surface area contributed by atoms with Gasteiger partial charge in [0.25, 0.3) is 0 Å². The Labute approximate surface area is 117 Å². The monoisotopic (exact) mass is 278 g/mol. The van der Waals surface area contributed by atoms with Crippen molar-refractivity contribution in [3.8, 4) is 5.75 Å². The second-order valence-electron chi connectivity index (χ2n) is 4.15. The van der Waals surface area contributed by atoms with Crippen LogP contribution in [0.1, 0.15) is 23.5 Å². The van der Waals surface area contributed by atoms with Gasteiger partial charge in [-0.2, -0.15) is 0 Å². The average Bonchev–Trinajstić information content (AvgIpc) is 2.97.